The number of carbonyl (C=O) groups is 5. The van der Waals surface area contributed by atoms with Crippen LogP contribution in [-0.2, 0) is 24.0 Å². The summed E-state index contributed by atoms with van der Waals surface area (Å²) in [5.41, 5.74) is 0.248. The number of benzene rings is 1. The highest BCUT2D eigenvalue weighted by Crippen LogP contribution is 2.26. The Kier molecular flexibility index (Phi) is 10.0. The molecule has 0 spiro atoms. The summed E-state index contributed by atoms with van der Waals surface area (Å²) in [5, 5.41) is 15.3. The van der Waals surface area contributed by atoms with Gasteiger partial charge in [0.05, 0.1) is 6.04 Å². The second-order valence-corrected chi connectivity index (χ2v) is 7.43. The first-order chi connectivity index (χ1) is 17.4. The number of pyridine rings is 1. The molecule has 4 N–H and O–H groups in total. The first kappa shape index (κ1) is 28.7. The first-order valence-corrected chi connectivity index (χ1v) is 10.4. The molecule has 37 heavy (non-hydrogen) atoms. The van der Waals surface area contributed by atoms with E-state index in [0.29, 0.717) is 0 Å². The minimum Gasteiger partial charge on any atom is -0.481 e. The maximum absolute atomic E-state index is 13.7. The Morgan fingerprint density at radius 2 is 1.57 bits per heavy atom. The Morgan fingerprint density at radius 1 is 0.973 bits per heavy atom. The number of carboxylic acids is 1. The van der Waals surface area contributed by atoms with Gasteiger partial charge >= 0.3 is 17.8 Å². The van der Waals surface area contributed by atoms with Crippen molar-refractivity contribution in [1.29, 1.82) is 0 Å². The van der Waals surface area contributed by atoms with Crippen LogP contribution in [-0.4, -0.2) is 58.3 Å². The normalized spacial score (nSPS) is 12.1. The zero-order valence-electron chi connectivity index (χ0n) is 19.0. The van der Waals surface area contributed by atoms with Crippen molar-refractivity contribution < 1.29 is 51.4 Å². The highest BCUT2D eigenvalue weighted by molar-refractivity contribution is 6.40. The van der Waals surface area contributed by atoms with Gasteiger partial charge in [-0.15, -0.1) is 0 Å². The number of hydrogen-bond acceptors (Lipinski definition) is 7. The molecule has 0 saturated heterocycles. The number of amides is 3. The van der Waals surface area contributed by atoms with Crippen LogP contribution in [0.2, 0.25) is 0 Å². The molecule has 1 aromatic heterocycles. The van der Waals surface area contributed by atoms with Crippen LogP contribution in [0.4, 0.5) is 23.2 Å². The summed E-state index contributed by atoms with van der Waals surface area (Å²) >= 11 is 0. The van der Waals surface area contributed by atoms with Crippen molar-refractivity contribution >= 4 is 35.2 Å². The molecule has 1 heterocycles. The maximum Gasteiger partial charge on any atom is 0.313 e. The second kappa shape index (κ2) is 12.9. The summed E-state index contributed by atoms with van der Waals surface area (Å²) < 4.78 is 58.7. The van der Waals surface area contributed by atoms with E-state index in [1.807, 2.05) is 0 Å². The molecule has 2 rings (SSSR count). The van der Waals surface area contributed by atoms with Crippen molar-refractivity contribution in [3.05, 3.63) is 53.9 Å². The van der Waals surface area contributed by atoms with E-state index in [4.69, 9.17) is 5.11 Å². The third kappa shape index (κ3) is 8.26. The SMILES string of the molecule is CC(NC(=O)C(=O)Nc1ccncc1)C(=O)NC(CCC(=O)O)C(=O)COc1c(F)c(F)cc(F)c1F. The van der Waals surface area contributed by atoms with E-state index in [1.54, 1.807) is 0 Å². The number of aromatic nitrogens is 1. The van der Waals surface area contributed by atoms with E-state index in [0.717, 1.165) is 6.92 Å². The summed E-state index contributed by atoms with van der Waals surface area (Å²) in [4.78, 5) is 63.6. The van der Waals surface area contributed by atoms with Crippen LogP contribution in [0, 0.1) is 23.3 Å². The van der Waals surface area contributed by atoms with Crippen LogP contribution in [0.5, 0.6) is 5.75 Å². The van der Waals surface area contributed by atoms with Gasteiger partial charge in [0.25, 0.3) is 0 Å². The van der Waals surface area contributed by atoms with E-state index in [2.05, 4.69) is 25.7 Å². The predicted octanol–water partition coefficient (Wildman–Crippen LogP) is 1.08. The number of nitrogens with zero attached hydrogens (tertiary/aromatic N) is 1. The number of carbonyl (C=O) groups excluding carboxylic acids is 4. The van der Waals surface area contributed by atoms with Gasteiger partial charge in [-0.2, -0.15) is 8.78 Å². The lowest BCUT2D eigenvalue weighted by atomic mass is 10.1. The van der Waals surface area contributed by atoms with E-state index in [9.17, 15) is 41.5 Å². The quantitative estimate of drug-likeness (QED) is 0.191. The number of Topliss-reactive ketones (excluding diaryl/α,β-unsaturated/α-hetero) is 1. The molecule has 15 heteroatoms. The third-order valence-corrected chi connectivity index (χ3v) is 4.67. The lowest BCUT2D eigenvalue weighted by Gasteiger charge is -2.20. The number of anilines is 1. The molecule has 0 aliphatic heterocycles. The molecule has 2 atom stereocenters. The molecular formula is C22H20F4N4O7. The molecule has 0 aliphatic carbocycles. The second-order valence-electron chi connectivity index (χ2n) is 7.43. The number of carboxylic acid groups (broad SMARTS) is 1. The molecule has 2 aromatic rings. The fraction of sp³-hybridized carbons (Fsp3) is 0.273. The van der Waals surface area contributed by atoms with Gasteiger partial charge in [0.1, 0.15) is 12.6 Å². The largest absolute Gasteiger partial charge is 0.481 e. The van der Waals surface area contributed by atoms with Crippen LogP contribution < -0.4 is 20.7 Å². The fourth-order valence-electron chi connectivity index (χ4n) is 2.75. The Balaban J connectivity index is 2.03. The maximum atomic E-state index is 13.7. The standard InChI is InChI=1S/C22H20F4N4O7/c1-10(28-21(35)22(36)29-11-4-6-27-7-5-11)20(34)30-14(2-3-16(32)33)15(31)9-37-19-17(25)12(23)8-13(24)18(19)26/h4-8,10,14H,2-3,9H2,1H3,(H,28,35)(H,30,34)(H,32,33)(H,27,29,36). The van der Waals surface area contributed by atoms with Gasteiger partial charge in [-0.05, 0) is 25.5 Å². The average Bonchev–Trinajstić information content (AvgIpc) is 2.85. The minimum atomic E-state index is -1.90. The van der Waals surface area contributed by atoms with Gasteiger partial charge in [0.2, 0.25) is 17.5 Å². The molecule has 0 radical (unpaired) electrons. The molecule has 0 bridgehead atoms. The van der Waals surface area contributed by atoms with E-state index < -0.39 is 90.0 Å². The van der Waals surface area contributed by atoms with Crippen LogP contribution >= 0.6 is 0 Å². The number of nitrogens with one attached hydrogen (secondary N) is 3. The molecule has 198 valence electrons. The Morgan fingerprint density at radius 3 is 2.14 bits per heavy atom. The highest BCUT2D eigenvalue weighted by Gasteiger charge is 2.28. The number of hydrogen-bond donors (Lipinski definition) is 4. The third-order valence-electron chi connectivity index (χ3n) is 4.67. The smallest absolute Gasteiger partial charge is 0.313 e. The number of halogens is 4. The van der Waals surface area contributed by atoms with Crippen molar-refractivity contribution in [2.45, 2.75) is 31.8 Å². The Bertz CT molecular complexity index is 1170. The number of ether oxygens (including phenoxy) is 1. The fourth-order valence-corrected chi connectivity index (χ4v) is 2.75. The van der Waals surface area contributed by atoms with Crippen LogP contribution in [0.1, 0.15) is 19.8 Å². The van der Waals surface area contributed by atoms with Crippen LogP contribution in [0.3, 0.4) is 0 Å². The Labute approximate surface area is 206 Å². The number of rotatable bonds is 11. The minimum absolute atomic E-state index is 0.0672. The van der Waals surface area contributed by atoms with Gasteiger partial charge in [-0.25, -0.2) is 8.78 Å². The van der Waals surface area contributed by atoms with Crippen LogP contribution in [0.25, 0.3) is 0 Å². The van der Waals surface area contributed by atoms with Gasteiger partial charge in [0.15, 0.2) is 23.2 Å². The zero-order valence-corrected chi connectivity index (χ0v) is 19.0. The Hall–Kier alpha value is -4.56. The summed E-state index contributed by atoms with van der Waals surface area (Å²) in [6, 6.07) is -0.264. The lowest BCUT2D eigenvalue weighted by molar-refractivity contribution is -0.139. The first-order valence-electron chi connectivity index (χ1n) is 10.4. The predicted molar refractivity (Wildman–Crippen MR) is 116 cm³/mol. The molecule has 2 unspecified atom stereocenters. The summed E-state index contributed by atoms with van der Waals surface area (Å²) in [5.74, 6) is -14.7. The average molecular weight is 528 g/mol. The van der Waals surface area contributed by atoms with E-state index in [1.165, 1.54) is 24.5 Å². The molecule has 1 aromatic carbocycles. The van der Waals surface area contributed by atoms with Crippen molar-refractivity contribution in [1.82, 2.24) is 15.6 Å². The number of aliphatic carboxylic acids is 1. The molecular weight excluding hydrogens is 508 g/mol. The van der Waals surface area contributed by atoms with Crippen molar-refractivity contribution in [2.75, 3.05) is 11.9 Å². The van der Waals surface area contributed by atoms with Crippen molar-refractivity contribution in [3.63, 3.8) is 0 Å². The summed E-state index contributed by atoms with van der Waals surface area (Å²) in [6.45, 7) is -0.0428. The van der Waals surface area contributed by atoms with Crippen molar-refractivity contribution in [2.24, 2.45) is 0 Å². The number of ketones is 1. The topological polar surface area (TPSA) is 164 Å². The molecule has 0 saturated carbocycles. The zero-order chi connectivity index (χ0) is 27.7. The highest BCUT2D eigenvalue weighted by atomic mass is 19.2. The molecule has 11 nitrogen and oxygen atoms in total. The summed E-state index contributed by atoms with van der Waals surface area (Å²) in [6.07, 6.45) is 1.57. The van der Waals surface area contributed by atoms with Crippen LogP contribution in [0.15, 0.2) is 30.6 Å². The van der Waals surface area contributed by atoms with E-state index >= 15 is 0 Å². The van der Waals surface area contributed by atoms with Gasteiger partial charge < -0.3 is 25.8 Å². The molecule has 0 fully saturated rings. The lowest BCUT2D eigenvalue weighted by Crippen LogP contribution is -2.52. The van der Waals surface area contributed by atoms with Crippen molar-refractivity contribution in [3.8, 4) is 5.75 Å². The molecule has 0 aliphatic rings. The monoisotopic (exact) mass is 528 g/mol. The van der Waals surface area contributed by atoms with E-state index in [-0.39, 0.29) is 11.8 Å². The summed E-state index contributed by atoms with van der Waals surface area (Å²) in [7, 11) is 0. The molecule has 3 amide bonds. The van der Waals surface area contributed by atoms with Gasteiger partial charge in [0, 0.05) is 30.6 Å². The van der Waals surface area contributed by atoms with Gasteiger partial charge in [-0.3, -0.25) is 29.0 Å². The van der Waals surface area contributed by atoms with Gasteiger partial charge in [-0.1, -0.05) is 0 Å².